The van der Waals surface area contributed by atoms with E-state index in [1.807, 2.05) is 30.3 Å². The number of aliphatic carboxylic acids is 1. The zero-order valence-corrected chi connectivity index (χ0v) is 12.9. The zero-order chi connectivity index (χ0) is 16.1. The number of nitrogens with one attached hydrogen (secondary N) is 1. The first kappa shape index (κ1) is 17.6. The maximum atomic E-state index is 12.0. The maximum absolute atomic E-state index is 12.0. The Bertz CT molecular complexity index is 568. The molecule has 3 N–H and O–H groups in total. The number of aliphatic hydroxyl groups is 1. The second-order valence-electron chi connectivity index (χ2n) is 5.48. The third-order valence-electron chi connectivity index (χ3n) is 3.04. The summed E-state index contributed by atoms with van der Waals surface area (Å²) in [4.78, 5) is 10.6. The summed E-state index contributed by atoms with van der Waals surface area (Å²) in [6, 6.07) is 9.22. The number of rotatable bonds is 8. The summed E-state index contributed by atoms with van der Waals surface area (Å²) >= 11 is 0. The van der Waals surface area contributed by atoms with Gasteiger partial charge in [-0.05, 0) is 18.4 Å². The Morgan fingerprint density at radius 3 is 2.43 bits per heavy atom. The van der Waals surface area contributed by atoms with E-state index < -0.39 is 28.0 Å². The van der Waals surface area contributed by atoms with E-state index in [2.05, 4.69) is 4.72 Å². The average Bonchev–Trinajstić information content (AvgIpc) is 2.36. The molecule has 0 saturated heterocycles. The van der Waals surface area contributed by atoms with Gasteiger partial charge in [0.05, 0.1) is 17.8 Å². The van der Waals surface area contributed by atoms with Crippen LogP contribution >= 0.6 is 0 Å². The number of carboxylic acid groups (broad SMARTS) is 1. The molecule has 0 saturated carbocycles. The van der Waals surface area contributed by atoms with E-state index in [1.165, 1.54) is 6.92 Å². The van der Waals surface area contributed by atoms with Crippen molar-refractivity contribution in [2.24, 2.45) is 0 Å². The standard InChI is InChI=1S/C14H21NO5S/c1-11(12-6-4-3-5-7-12)9-21(19,20)15-10-14(2,18)8-13(16)17/h3-7,11,15,18H,8-10H2,1-2H3,(H,16,17). The van der Waals surface area contributed by atoms with Gasteiger partial charge >= 0.3 is 5.97 Å². The lowest BCUT2D eigenvalue weighted by molar-refractivity contribution is -0.141. The van der Waals surface area contributed by atoms with Gasteiger partial charge in [0.25, 0.3) is 0 Å². The number of hydrogen-bond acceptors (Lipinski definition) is 4. The normalized spacial score (nSPS) is 16.1. The van der Waals surface area contributed by atoms with Crippen LogP contribution in [0.5, 0.6) is 0 Å². The van der Waals surface area contributed by atoms with Crippen LogP contribution in [-0.4, -0.2) is 42.5 Å². The molecular formula is C14H21NO5S. The molecule has 0 amide bonds. The van der Waals surface area contributed by atoms with Gasteiger partial charge in [-0.15, -0.1) is 0 Å². The Morgan fingerprint density at radius 1 is 1.33 bits per heavy atom. The summed E-state index contributed by atoms with van der Waals surface area (Å²) in [7, 11) is -3.60. The topological polar surface area (TPSA) is 104 Å². The zero-order valence-electron chi connectivity index (χ0n) is 12.1. The van der Waals surface area contributed by atoms with Gasteiger partial charge in [0, 0.05) is 6.54 Å². The smallest absolute Gasteiger partial charge is 0.306 e. The molecule has 21 heavy (non-hydrogen) atoms. The van der Waals surface area contributed by atoms with Crippen LogP contribution in [-0.2, 0) is 14.8 Å². The van der Waals surface area contributed by atoms with Crippen molar-refractivity contribution in [3.63, 3.8) is 0 Å². The minimum absolute atomic E-state index is 0.125. The molecule has 0 radical (unpaired) electrons. The lowest BCUT2D eigenvalue weighted by atomic mass is 10.0. The molecule has 0 aliphatic carbocycles. The van der Waals surface area contributed by atoms with E-state index in [1.54, 1.807) is 6.92 Å². The molecule has 1 rings (SSSR count). The van der Waals surface area contributed by atoms with Gasteiger partial charge in [-0.1, -0.05) is 37.3 Å². The highest BCUT2D eigenvalue weighted by Crippen LogP contribution is 2.16. The summed E-state index contributed by atoms with van der Waals surface area (Å²) in [5, 5.41) is 18.4. The van der Waals surface area contributed by atoms with Crippen molar-refractivity contribution >= 4 is 16.0 Å². The number of carboxylic acids is 1. The quantitative estimate of drug-likeness (QED) is 0.662. The summed E-state index contributed by atoms with van der Waals surface area (Å²) in [6.07, 6.45) is -0.524. The van der Waals surface area contributed by atoms with Crippen LogP contribution in [0.15, 0.2) is 30.3 Å². The minimum atomic E-state index is -3.60. The van der Waals surface area contributed by atoms with E-state index in [0.717, 1.165) is 5.56 Å². The molecule has 0 heterocycles. The molecule has 2 atom stereocenters. The summed E-state index contributed by atoms with van der Waals surface area (Å²) in [5.74, 6) is -1.51. The van der Waals surface area contributed by atoms with Crippen molar-refractivity contribution < 1.29 is 23.4 Å². The van der Waals surface area contributed by atoms with Crippen molar-refractivity contribution in [2.75, 3.05) is 12.3 Å². The first-order valence-electron chi connectivity index (χ1n) is 6.58. The van der Waals surface area contributed by atoms with E-state index in [9.17, 15) is 18.3 Å². The summed E-state index contributed by atoms with van der Waals surface area (Å²) in [5.41, 5.74) is -0.713. The first-order valence-corrected chi connectivity index (χ1v) is 8.23. The number of sulfonamides is 1. The van der Waals surface area contributed by atoms with Gasteiger partial charge in [-0.25, -0.2) is 13.1 Å². The predicted octanol–water partition coefficient (Wildman–Crippen LogP) is 0.935. The van der Waals surface area contributed by atoms with E-state index in [-0.39, 0.29) is 18.2 Å². The molecule has 1 aromatic rings. The second-order valence-corrected chi connectivity index (χ2v) is 7.33. The molecule has 0 fully saturated rings. The summed E-state index contributed by atoms with van der Waals surface area (Å²) in [6.45, 7) is 2.75. The number of hydrogen-bond donors (Lipinski definition) is 3. The average molecular weight is 315 g/mol. The highest BCUT2D eigenvalue weighted by molar-refractivity contribution is 7.89. The number of carbonyl (C=O) groups is 1. The van der Waals surface area contributed by atoms with Crippen molar-refractivity contribution in [3.05, 3.63) is 35.9 Å². The molecule has 7 heteroatoms. The lowest BCUT2D eigenvalue weighted by Gasteiger charge is -2.22. The highest BCUT2D eigenvalue weighted by atomic mass is 32.2. The van der Waals surface area contributed by atoms with Crippen LogP contribution in [0.25, 0.3) is 0 Å². The second kappa shape index (κ2) is 7.02. The largest absolute Gasteiger partial charge is 0.481 e. The third-order valence-corrected chi connectivity index (χ3v) is 4.57. The highest BCUT2D eigenvalue weighted by Gasteiger charge is 2.27. The van der Waals surface area contributed by atoms with Crippen LogP contribution in [0.3, 0.4) is 0 Å². The lowest BCUT2D eigenvalue weighted by Crippen LogP contribution is -2.43. The molecule has 118 valence electrons. The molecule has 2 unspecified atom stereocenters. The van der Waals surface area contributed by atoms with E-state index >= 15 is 0 Å². The third kappa shape index (κ3) is 6.70. The Labute approximate surface area is 124 Å². The maximum Gasteiger partial charge on any atom is 0.306 e. The van der Waals surface area contributed by atoms with Crippen LogP contribution in [0.1, 0.15) is 31.7 Å². The van der Waals surface area contributed by atoms with E-state index in [4.69, 9.17) is 5.11 Å². The molecule has 0 bridgehead atoms. The SMILES string of the molecule is CC(CS(=O)(=O)NCC(C)(O)CC(=O)O)c1ccccc1. The molecule has 0 aliphatic rings. The predicted molar refractivity (Wildman–Crippen MR) is 79.5 cm³/mol. The first-order chi connectivity index (χ1) is 9.61. The Kier molecular flexibility index (Phi) is 5.88. The summed E-state index contributed by atoms with van der Waals surface area (Å²) < 4.78 is 26.2. The molecule has 0 aromatic heterocycles. The number of benzene rings is 1. The van der Waals surface area contributed by atoms with E-state index in [0.29, 0.717) is 0 Å². The van der Waals surface area contributed by atoms with Crippen molar-refractivity contribution in [1.29, 1.82) is 0 Å². The van der Waals surface area contributed by atoms with Gasteiger partial charge in [-0.2, -0.15) is 0 Å². The Hall–Kier alpha value is -1.44. The van der Waals surface area contributed by atoms with Crippen LogP contribution in [0.2, 0.25) is 0 Å². The van der Waals surface area contributed by atoms with Gasteiger partial charge in [0.15, 0.2) is 0 Å². The fraction of sp³-hybridized carbons (Fsp3) is 0.500. The van der Waals surface area contributed by atoms with Gasteiger partial charge in [0.2, 0.25) is 10.0 Å². The fourth-order valence-electron chi connectivity index (χ4n) is 1.92. The molecule has 0 spiro atoms. The molecule has 0 aliphatic heterocycles. The molecule has 1 aromatic carbocycles. The van der Waals surface area contributed by atoms with Crippen molar-refractivity contribution in [2.45, 2.75) is 31.8 Å². The molecule has 6 nitrogen and oxygen atoms in total. The molecular weight excluding hydrogens is 294 g/mol. The van der Waals surface area contributed by atoms with Gasteiger partial charge in [-0.3, -0.25) is 4.79 Å². The monoisotopic (exact) mass is 315 g/mol. The van der Waals surface area contributed by atoms with Crippen LogP contribution in [0, 0.1) is 0 Å². The fourth-order valence-corrected chi connectivity index (χ4v) is 3.42. The van der Waals surface area contributed by atoms with Crippen molar-refractivity contribution in [1.82, 2.24) is 4.72 Å². The minimum Gasteiger partial charge on any atom is -0.481 e. The van der Waals surface area contributed by atoms with Gasteiger partial charge in [0.1, 0.15) is 0 Å². The van der Waals surface area contributed by atoms with Crippen molar-refractivity contribution in [3.8, 4) is 0 Å². The van der Waals surface area contributed by atoms with Gasteiger partial charge < -0.3 is 10.2 Å². The Balaban J connectivity index is 2.60. The van der Waals surface area contributed by atoms with Crippen LogP contribution < -0.4 is 4.72 Å². The van der Waals surface area contributed by atoms with Crippen LogP contribution in [0.4, 0.5) is 0 Å². The Morgan fingerprint density at radius 2 is 1.90 bits per heavy atom.